The molecule has 1 spiro atoms. The van der Waals surface area contributed by atoms with Gasteiger partial charge in [-0.1, -0.05) is 6.08 Å². The van der Waals surface area contributed by atoms with Crippen LogP contribution in [0.3, 0.4) is 0 Å². The number of ether oxygens (including phenoxy) is 2. The van der Waals surface area contributed by atoms with Crippen molar-refractivity contribution in [2.45, 2.75) is 12.5 Å². The lowest BCUT2D eigenvalue weighted by molar-refractivity contribution is -0.176. The van der Waals surface area contributed by atoms with Crippen LogP contribution in [0, 0.1) is 0 Å². The lowest BCUT2D eigenvalue weighted by atomic mass is 9.88. The molecule has 2 aliphatic heterocycles. The predicted octanol–water partition coefficient (Wildman–Crippen LogP) is -1.07. The highest BCUT2D eigenvalue weighted by atomic mass is 16.6. The van der Waals surface area contributed by atoms with E-state index >= 15 is 0 Å². The van der Waals surface area contributed by atoms with E-state index in [0.29, 0.717) is 9.80 Å². The molecular weight excluding hydrogens is 334 g/mol. The van der Waals surface area contributed by atoms with Crippen LogP contribution in [0.4, 0.5) is 4.79 Å². The van der Waals surface area contributed by atoms with E-state index in [1.165, 1.54) is 13.0 Å². The van der Waals surface area contributed by atoms with Crippen LogP contribution in [-0.4, -0.2) is 72.4 Å². The summed E-state index contributed by atoms with van der Waals surface area (Å²) in [5.74, 6) is -4.44. The van der Waals surface area contributed by atoms with Gasteiger partial charge in [0.25, 0.3) is 11.8 Å². The minimum atomic E-state index is -2.59. The third-order valence-electron chi connectivity index (χ3n) is 3.74. The number of carbonyl (C=O) groups is 5. The van der Waals surface area contributed by atoms with Crippen molar-refractivity contribution in [1.29, 1.82) is 0 Å². The van der Waals surface area contributed by atoms with Crippen molar-refractivity contribution in [3.63, 3.8) is 0 Å². The van der Waals surface area contributed by atoms with Gasteiger partial charge in [0, 0.05) is 20.6 Å². The standard InChI is InChI=1S/C15H17N3O7/c1-5-7-16-9-8(10(19)24-6-2)15(25-11(9)20)12(21)17(3)14(23)18(4)13(15)22/h5,16H,1,6-7H2,2-4H3. The molecule has 1 N–H and O–H groups in total. The van der Waals surface area contributed by atoms with E-state index in [-0.39, 0.29) is 18.8 Å². The van der Waals surface area contributed by atoms with Crippen molar-refractivity contribution < 1.29 is 33.4 Å². The number of nitrogens with one attached hydrogen (secondary N) is 1. The maximum absolute atomic E-state index is 12.7. The van der Waals surface area contributed by atoms with E-state index in [9.17, 15) is 24.0 Å². The Morgan fingerprint density at radius 2 is 1.80 bits per heavy atom. The Bertz CT molecular complexity index is 701. The lowest BCUT2D eigenvalue weighted by Gasteiger charge is -2.38. The van der Waals surface area contributed by atoms with E-state index < -0.39 is 41.0 Å². The normalized spacial score (nSPS) is 19.5. The van der Waals surface area contributed by atoms with E-state index in [2.05, 4.69) is 11.9 Å². The summed E-state index contributed by atoms with van der Waals surface area (Å²) >= 11 is 0. The molecule has 0 aliphatic carbocycles. The van der Waals surface area contributed by atoms with Gasteiger partial charge in [0.1, 0.15) is 11.3 Å². The van der Waals surface area contributed by atoms with Gasteiger partial charge in [-0.25, -0.2) is 14.4 Å². The number of hydrogen-bond acceptors (Lipinski definition) is 8. The van der Waals surface area contributed by atoms with Crippen LogP contribution in [0.2, 0.25) is 0 Å². The summed E-state index contributed by atoms with van der Waals surface area (Å²) in [7, 11) is 2.22. The Labute approximate surface area is 143 Å². The first kappa shape index (κ1) is 18.2. The van der Waals surface area contributed by atoms with Crippen LogP contribution in [0.5, 0.6) is 0 Å². The molecule has 0 bridgehead atoms. The second-order valence-corrected chi connectivity index (χ2v) is 5.22. The second kappa shape index (κ2) is 6.38. The second-order valence-electron chi connectivity index (χ2n) is 5.22. The van der Waals surface area contributed by atoms with Gasteiger partial charge in [-0.2, -0.15) is 0 Å². The fourth-order valence-corrected chi connectivity index (χ4v) is 2.57. The molecule has 0 aromatic rings. The van der Waals surface area contributed by atoms with E-state index in [1.807, 2.05) is 0 Å². The fourth-order valence-electron chi connectivity index (χ4n) is 2.57. The summed E-state index contributed by atoms with van der Waals surface area (Å²) in [4.78, 5) is 63.2. The first-order chi connectivity index (χ1) is 11.7. The van der Waals surface area contributed by atoms with Crippen LogP contribution >= 0.6 is 0 Å². The van der Waals surface area contributed by atoms with Crippen molar-refractivity contribution in [3.8, 4) is 0 Å². The van der Waals surface area contributed by atoms with Gasteiger partial charge in [-0.15, -0.1) is 6.58 Å². The van der Waals surface area contributed by atoms with E-state index in [1.54, 1.807) is 0 Å². The van der Waals surface area contributed by atoms with Crippen LogP contribution < -0.4 is 5.32 Å². The summed E-state index contributed by atoms with van der Waals surface area (Å²) in [5.41, 5.74) is -3.55. The van der Waals surface area contributed by atoms with Gasteiger partial charge in [0.2, 0.25) is 0 Å². The Morgan fingerprint density at radius 1 is 1.24 bits per heavy atom. The number of amides is 4. The fraction of sp³-hybridized carbons (Fsp3) is 0.400. The molecule has 0 saturated carbocycles. The van der Waals surface area contributed by atoms with Crippen molar-refractivity contribution >= 4 is 29.8 Å². The molecule has 134 valence electrons. The number of nitrogens with zero attached hydrogens (tertiary/aromatic N) is 2. The summed E-state index contributed by atoms with van der Waals surface area (Å²) in [5, 5.41) is 2.58. The number of likely N-dealkylation sites (N-methyl/N-ethyl adjacent to an activating group) is 2. The molecule has 0 radical (unpaired) electrons. The molecule has 10 heteroatoms. The SMILES string of the molecule is C=CCNC1=C(C(=O)OCC)C2(OC1=O)C(=O)N(C)C(=O)N(C)C2=O. The highest BCUT2D eigenvalue weighted by Gasteiger charge is 2.68. The number of urea groups is 1. The molecule has 0 atom stereocenters. The molecule has 1 fully saturated rings. The highest BCUT2D eigenvalue weighted by Crippen LogP contribution is 2.38. The molecule has 2 heterocycles. The van der Waals surface area contributed by atoms with Crippen LogP contribution in [0.1, 0.15) is 6.92 Å². The summed E-state index contributed by atoms with van der Waals surface area (Å²) in [6.45, 7) is 5.00. The van der Waals surface area contributed by atoms with Gasteiger partial charge < -0.3 is 14.8 Å². The largest absolute Gasteiger partial charge is 0.462 e. The number of barbiturate groups is 1. The molecule has 25 heavy (non-hydrogen) atoms. The number of imide groups is 2. The predicted molar refractivity (Wildman–Crippen MR) is 81.6 cm³/mol. The molecule has 2 aliphatic rings. The zero-order valence-electron chi connectivity index (χ0n) is 14.0. The van der Waals surface area contributed by atoms with E-state index in [0.717, 1.165) is 14.1 Å². The minimum absolute atomic E-state index is 0.0612. The summed E-state index contributed by atoms with van der Waals surface area (Å²) < 4.78 is 9.93. The first-order valence-electron chi connectivity index (χ1n) is 7.34. The molecule has 1 saturated heterocycles. The van der Waals surface area contributed by atoms with Crippen molar-refractivity contribution in [1.82, 2.24) is 15.1 Å². The number of carbonyl (C=O) groups excluding carboxylic acids is 5. The van der Waals surface area contributed by atoms with Gasteiger partial charge in [-0.05, 0) is 6.92 Å². The van der Waals surface area contributed by atoms with Gasteiger partial charge in [0.05, 0.1) is 6.61 Å². The lowest BCUT2D eigenvalue weighted by Crippen LogP contribution is -2.68. The smallest absolute Gasteiger partial charge is 0.357 e. The average Bonchev–Trinajstić information content (AvgIpc) is 2.88. The summed E-state index contributed by atoms with van der Waals surface area (Å²) in [6.07, 6.45) is 1.40. The first-order valence-corrected chi connectivity index (χ1v) is 7.34. The zero-order valence-corrected chi connectivity index (χ0v) is 14.0. The van der Waals surface area contributed by atoms with Crippen molar-refractivity contribution in [2.24, 2.45) is 0 Å². The Hall–Kier alpha value is -3.17. The van der Waals surface area contributed by atoms with Crippen molar-refractivity contribution in [3.05, 3.63) is 23.9 Å². The molecule has 2 rings (SSSR count). The number of hydrogen-bond donors (Lipinski definition) is 1. The quantitative estimate of drug-likeness (QED) is 0.377. The maximum atomic E-state index is 12.7. The molecular formula is C15H17N3O7. The third kappa shape index (κ3) is 2.46. The summed E-state index contributed by atoms with van der Waals surface area (Å²) in [6, 6.07) is -0.910. The number of esters is 2. The highest BCUT2D eigenvalue weighted by molar-refractivity contribution is 6.30. The maximum Gasteiger partial charge on any atom is 0.357 e. The van der Waals surface area contributed by atoms with Crippen LogP contribution in [0.15, 0.2) is 23.9 Å². The van der Waals surface area contributed by atoms with E-state index in [4.69, 9.17) is 9.47 Å². The Morgan fingerprint density at radius 3 is 2.28 bits per heavy atom. The van der Waals surface area contributed by atoms with Crippen LogP contribution in [-0.2, 0) is 28.7 Å². The van der Waals surface area contributed by atoms with Gasteiger partial charge in [-0.3, -0.25) is 19.4 Å². The average molecular weight is 351 g/mol. The Balaban J connectivity index is 2.70. The van der Waals surface area contributed by atoms with Gasteiger partial charge >= 0.3 is 23.6 Å². The topological polar surface area (TPSA) is 122 Å². The third-order valence-corrected chi connectivity index (χ3v) is 3.74. The monoisotopic (exact) mass is 351 g/mol. The van der Waals surface area contributed by atoms with Crippen LogP contribution in [0.25, 0.3) is 0 Å². The molecule has 0 unspecified atom stereocenters. The van der Waals surface area contributed by atoms with Crippen molar-refractivity contribution in [2.75, 3.05) is 27.2 Å². The molecule has 4 amide bonds. The number of rotatable bonds is 5. The molecule has 0 aromatic carbocycles. The molecule has 0 aromatic heterocycles. The zero-order chi connectivity index (χ0) is 18.9. The molecule has 10 nitrogen and oxygen atoms in total. The Kier molecular flexibility index (Phi) is 4.64. The minimum Gasteiger partial charge on any atom is -0.462 e. The van der Waals surface area contributed by atoms with Gasteiger partial charge in [0.15, 0.2) is 0 Å².